The normalized spacial score (nSPS) is 18.4. The van der Waals surface area contributed by atoms with Gasteiger partial charge in [-0.2, -0.15) is 0 Å². The zero-order valence-corrected chi connectivity index (χ0v) is 12.7. The van der Waals surface area contributed by atoms with Gasteiger partial charge in [0.15, 0.2) is 0 Å². The van der Waals surface area contributed by atoms with Crippen molar-refractivity contribution in [3.8, 4) is 0 Å². The van der Waals surface area contributed by atoms with E-state index in [2.05, 4.69) is 52.1 Å². The molecule has 0 bridgehead atoms. The van der Waals surface area contributed by atoms with E-state index in [1.54, 1.807) is 0 Å². The molecule has 3 heteroatoms. The maximum Gasteiger partial charge on any atom is 0.0467 e. The van der Waals surface area contributed by atoms with E-state index < -0.39 is 0 Å². The predicted molar refractivity (Wildman–Crippen MR) is 80.5 cm³/mol. The molecule has 1 fully saturated rings. The summed E-state index contributed by atoms with van der Waals surface area (Å²) in [5, 5.41) is 0. The number of hydrogen-bond donors (Lipinski definition) is 1. The molecule has 1 saturated carbocycles. The van der Waals surface area contributed by atoms with Crippen molar-refractivity contribution in [2.45, 2.75) is 31.7 Å². The molecule has 1 atom stereocenters. The van der Waals surface area contributed by atoms with Crippen LogP contribution in [0.25, 0.3) is 0 Å². The molecular formula is C15H23BrN2. The van der Waals surface area contributed by atoms with E-state index in [1.165, 1.54) is 37.8 Å². The summed E-state index contributed by atoms with van der Waals surface area (Å²) in [6.07, 6.45) is 5.60. The molecule has 0 radical (unpaired) electrons. The van der Waals surface area contributed by atoms with Crippen LogP contribution in [0.1, 0.15) is 37.3 Å². The summed E-state index contributed by atoms with van der Waals surface area (Å²) in [7, 11) is 2.21. The van der Waals surface area contributed by atoms with Crippen molar-refractivity contribution in [2.24, 2.45) is 11.7 Å². The molecule has 18 heavy (non-hydrogen) atoms. The van der Waals surface area contributed by atoms with Gasteiger partial charge in [-0.1, -0.05) is 40.9 Å². The first kappa shape index (κ1) is 14.0. The van der Waals surface area contributed by atoms with Crippen LogP contribution in [0.4, 0.5) is 0 Å². The molecule has 100 valence electrons. The molecule has 2 N–H and O–H groups in total. The summed E-state index contributed by atoms with van der Waals surface area (Å²) in [6, 6.07) is 8.89. The van der Waals surface area contributed by atoms with Crippen LogP contribution in [0.15, 0.2) is 28.7 Å². The molecule has 1 aromatic carbocycles. The van der Waals surface area contributed by atoms with Crippen LogP contribution >= 0.6 is 15.9 Å². The summed E-state index contributed by atoms with van der Waals surface area (Å²) in [5.74, 6) is 0.875. The maximum atomic E-state index is 5.96. The standard InChI is InChI=1S/C15H23BrN2/c1-18(11-12-4-2-3-5-12)15(10-17)13-6-8-14(16)9-7-13/h6-9,12,15H,2-5,10-11,17H2,1H3. The van der Waals surface area contributed by atoms with E-state index in [9.17, 15) is 0 Å². The van der Waals surface area contributed by atoms with E-state index in [-0.39, 0.29) is 0 Å². The van der Waals surface area contributed by atoms with Gasteiger partial charge in [0.1, 0.15) is 0 Å². The molecule has 0 aliphatic heterocycles. The van der Waals surface area contributed by atoms with E-state index in [0.29, 0.717) is 12.6 Å². The third-order valence-corrected chi connectivity index (χ3v) is 4.56. The minimum Gasteiger partial charge on any atom is -0.329 e. The number of rotatable bonds is 5. The zero-order valence-electron chi connectivity index (χ0n) is 11.1. The van der Waals surface area contributed by atoms with Crippen molar-refractivity contribution in [3.05, 3.63) is 34.3 Å². The number of halogens is 1. The van der Waals surface area contributed by atoms with Gasteiger partial charge in [0, 0.05) is 23.6 Å². The Kier molecular flexibility index (Phi) is 5.22. The zero-order chi connectivity index (χ0) is 13.0. The van der Waals surface area contributed by atoms with Crippen molar-refractivity contribution >= 4 is 15.9 Å². The predicted octanol–water partition coefficient (Wildman–Crippen LogP) is 3.57. The highest BCUT2D eigenvalue weighted by atomic mass is 79.9. The van der Waals surface area contributed by atoms with E-state index in [1.807, 2.05) is 0 Å². The second-order valence-corrected chi connectivity index (χ2v) is 6.31. The maximum absolute atomic E-state index is 5.96. The Morgan fingerprint density at radius 1 is 1.28 bits per heavy atom. The fourth-order valence-electron chi connectivity index (χ4n) is 2.98. The first-order valence-corrected chi connectivity index (χ1v) is 7.65. The Morgan fingerprint density at radius 3 is 2.44 bits per heavy atom. The van der Waals surface area contributed by atoms with Gasteiger partial charge >= 0.3 is 0 Å². The second-order valence-electron chi connectivity index (χ2n) is 5.39. The molecule has 1 aliphatic carbocycles. The van der Waals surface area contributed by atoms with Crippen molar-refractivity contribution in [3.63, 3.8) is 0 Å². The van der Waals surface area contributed by atoms with Gasteiger partial charge in [-0.3, -0.25) is 4.90 Å². The second kappa shape index (κ2) is 6.69. The van der Waals surface area contributed by atoms with Gasteiger partial charge in [0.05, 0.1) is 0 Å². The molecule has 1 aromatic rings. The fraction of sp³-hybridized carbons (Fsp3) is 0.600. The van der Waals surface area contributed by atoms with E-state index in [4.69, 9.17) is 5.73 Å². The molecule has 0 amide bonds. The van der Waals surface area contributed by atoms with Gasteiger partial charge in [-0.25, -0.2) is 0 Å². The molecule has 1 aliphatic rings. The summed E-state index contributed by atoms with van der Waals surface area (Å²) in [6.45, 7) is 1.86. The molecule has 0 aromatic heterocycles. The Labute approximate surface area is 119 Å². The molecular weight excluding hydrogens is 288 g/mol. The lowest BCUT2D eigenvalue weighted by Gasteiger charge is -2.29. The summed E-state index contributed by atoms with van der Waals surface area (Å²) < 4.78 is 1.13. The molecule has 2 nitrogen and oxygen atoms in total. The fourth-order valence-corrected chi connectivity index (χ4v) is 3.25. The summed E-state index contributed by atoms with van der Waals surface area (Å²) >= 11 is 3.48. The van der Waals surface area contributed by atoms with Crippen LogP contribution in [0.3, 0.4) is 0 Å². The third-order valence-electron chi connectivity index (χ3n) is 4.03. The van der Waals surface area contributed by atoms with Crippen LogP contribution in [-0.4, -0.2) is 25.0 Å². The van der Waals surface area contributed by atoms with E-state index >= 15 is 0 Å². The number of nitrogens with zero attached hydrogens (tertiary/aromatic N) is 1. The molecule has 0 saturated heterocycles. The first-order chi connectivity index (χ1) is 8.70. The largest absolute Gasteiger partial charge is 0.329 e. The number of benzene rings is 1. The quantitative estimate of drug-likeness (QED) is 0.901. The van der Waals surface area contributed by atoms with E-state index in [0.717, 1.165) is 10.4 Å². The number of nitrogens with two attached hydrogens (primary N) is 1. The van der Waals surface area contributed by atoms with Crippen LogP contribution in [0.2, 0.25) is 0 Å². The lowest BCUT2D eigenvalue weighted by Crippen LogP contribution is -2.33. The van der Waals surface area contributed by atoms with Crippen LogP contribution < -0.4 is 5.73 Å². The lowest BCUT2D eigenvalue weighted by atomic mass is 10.0. The minimum atomic E-state index is 0.346. The van der Waals surface area contributed by atoms with Gasteiger partial charge in [0.2, 0.25) is 0 Å². The molecule has 2 rings (SSSR count). The molecule has 0 heterocycles. The van der Waals surface area contributed by atoms with Gasteiger partial charge in [-0.05, 0) is 43.5 Å². The van der Waals surface area contributed by atoms with Crippen molar-refractivity contribution in [1.82, 2.24) is 4.90 Å². The van der Waals surface area contributed by atoms with Crippen molar-refractivity contribution in [1.29, 1.82) is 0 Å². The number of likely N-dealkylation sites (N-methyl/N-ethyl adjacent to an activating group) is 1. The van der Waals surface area contributed by atoms with Gasteiger partial charge < -0.3 is 5.73 Å². The molecule has 1 unspecified atom stereocenters. The van der Waals surface area contributed by atoms with Crippen LogP contribution in [0.5, 0.6) is 0 Å². The monoisotopic (exact) mass is 310 g/mol. The average Bonchev–Trinajstić information content (AvgIpc) is 2.85. The lowest BCUT2D eigenvalue weighted by molar-refractivity contribution is 0.212. The first-order valence-electron chi connectivity index (χ1n) is 6.86. The Bertz CT molecular complexity index is 357. The van der Waals surface area contributed by atoms with Crippen molar-refractivity contribution in [2.75, 3.05) is 20.1 Å². The highest BCUT2D eigenvalue weighted by Gasteiger charge is 2.21. The highest BCUT2D eigenvalue weighted by Crippen LogP contribution is 2.28. The van der Waals surface area contributed by atoms with Gasteiger partial charge in [-0.15, -0.1) is 0 Å². The summed E-state index contributed by atoms with van der Waals surface area (Å²) in [5.41, 5.74) is 7.29. The number of hydrogen-bond acceptors (Lipinski definition) is 2. The Morgan fingerprint density at radius 2 is 1.89 bits per heavy atom. The Hall–Kier alpha value is -0.380. The molecule has 0 spiro atoms. The smallest absolute Gasteiger partial charge is 0.0467 e. The topological polar surface area (TPSA) is 29.3 Å². The van der Waals surface area contributed by atoms with Crippen molar-refractivity contribution < 1.29 is 0 Å². The minimum absolute atomic E-state index is 0.346. The van der Waals surface area contributed by atoms with Crippen LogP contribution in [0, 0.1) is 5.92 Å². The van der Waals surface area contributed by atoms with Gasteiger partial charge in [0.25, 0.3) is 0 Å². The summed E-state index contributed by atoms with van der Waals surface area (Å²) in [4.78, 5) is 2.43. The highest BCUT2D eigenvalue weighted by molar-refractivity contribution is 9.10. The van der Waals surface area contributed by atoms with Crippen LogP contribution in [-0.2, 0) is 0 Å². The Balaban J connectivity index is 2.00. The SMILES string of the molecule is CN(CC1CCCC1)C(CN)c1ccc(Br)cc1. The average molecular weight is 311 g/mol. The third kappa shape index (κ3) is 3.56.